The minimum atomic E-state index is -2.93. The van der Waals surface area contributed by atoms with Gasteiger partial charge in [0.05, 0.1) is 12.5 Å². The van der Waals surface area contributed by atoms with Crippen LogP contribution in [0.5, 0.6) is 5.75 Å². The molecule has 1 rings (SSSR count). The zero-order valence-corrected chi connectivity index (χ0v) is 11.1. The molecule has 0 aromatic heterocycles. The summed E-state index contributed by atoms with van der Waals surface area (Å²) >= 11 is 0. The fraction of sp³-hybridized carbons (Fsp3) is 0.385. The number of carboxylic acid groups (broad SMARTS) is 1. The Morgan fingerprint density at radius 1 is 1.29 bits per heavy atom. The highest BCUT2D eigenvalue weighted by atomic mass is 19.3. The number of nitrogens with one attached hydrogen (secondary N) is 1. The smallest absolute Gasteiger partial charge is 0.387 e. The van der Waals surface area contributed by atoms with Crippen LogP contribution in [-0.2, 0) is 16.0 Å². The SMILES string of the molecule is CC(O)C(NC(=O)Cc1ccc(OC(F)F)cc1)C(=O)O. The molecule has 2 unspecified atom stereocenters. The second kappa shape index (κ2) is 7.53. The fourth-order valence-corrected chi connectivity index (χ4v) is 1.59. The maximum atomic E-state index is 12.0. The van der Waals surface area contributed by atoms with Crippen LogP contribution in [0, 0.1) is 0 Å². The molecule has 1 amide bonds. The molecule has 0 heterocycles. The van der Waals surface area contributed by atoms with Crippen LogP contribution < -0.4 is 10.1 Å². The number of carbonyl (C=O) groups excluding carboxylic acids is 1. The van der Waals surface area contributed by atoms with Gasteiger partial charge < -0.3 is 20.3 Å². The predicted molar refractivity (Wildman–Crippen MR) is 68.0 cm³/mol. The first-order valence-corrected chi connectivity index (χ1v) is 6.03. The molecule has 0 aliphatic carbocycles. The van der Waals surface area contributed by atoms with E-state index in [1.165, 1.54) is 31.2 Å². The van der Waals surface area contributed by atoms with Gasteiger partial charge in [-0.3, -0.25) is 4.79 Å². The Bertz CT molecular complexity index is 490. The largest absolute Gasteiger partial charge is 0.480 e. The Morgan fingerprint density at radius 3 is 2.29 bits per heavy atom. The van der Waals surface area contributed by atoms with Gasteiger partial charge in [-0.1, -0.05) is 12.1 Å². The molecular weight excluding hydrogens is 288 g/mol. The molecule has 21 heavy (non-hydrogen) atoms. The van der Waals surface area contributed by atoms with E-state index < -0.39 is 30.6 Å². The summed E-state index contributed by atoms with van der Waals surface area (Å²) in [7, 11) is 0. The van der Waals surface area contributed by atoms with E-state index in [1.807, 2.05) is 0 Å². The Hall–Kier alpha value is -2.22. The van der Waals surface area contributed by atoms with E-state index in [1.54, 1.807) is 0 Å². The third kappa shape index (κ3) is 5.74. The van der Waals surface area contributed by atoms with Crippen molar-refractivity contribution in [3.05, 3.63) is 29.8 Å². The second-order valence-corrected chi connectivity index (χ2v) is 4.32. The minimum absolute atomic E-state index is 0.0402. The van der Waals surface area contributed by atoms with Crippen LogP contribution in [0.15, 0.2) is 24.3 Å². The van der Waals surface area contributed by atoms with Crippen LogP contribution in [0.3, 0.4) is 0 Å². The van der Waals surface area contributed by atoms with Gasteiger partial charge in [-0.2, -0.15) is 8.78 Å². The standard InChI is InChI=1S/C13H15F2NO5/c1-7(17)11(12(19)20)16-10(18)6-8-2-4-9(5-3-8)21-13(14)15/h2-5,7,11,13,17H,6H2,1H3,(H,16,18)(H,19,20). The highest BCUT2D eigenvalue weighted by Gasteiger charge is 2.24. The highest BCUT2D eigenvalue weighted by molar-refractivity contribution is 5.85. The Balaban J connectivity index is 2.60. The van der Waals surface area contributed by atoms with Crippen LogP contribution >= 0.6 is 0 Å². The molecule has 3 N–H and O–H groups in total. The van der Waals surface area contributed by atoms with Gasteiger partial charge in [-0.15, -0.1) is 0 Å². The van der Waals surface area contributed by atoms with E-state index in [4.69, 9.17) is 5.11 Å². The van der Waals surface area contributed by atoms with Crippen LogP contribution in [0.25, 0.3) is 0 Å². The number of alkyl halides is 2. The van der Waals surface area contributed by atoms with E-state index in [2.05, 4.69) is 10.1 Å². The van der Waals surface area contributed by atoms with Crippen molar-refractivity contribution in [2.24, 2.45) is 0 Å². The molecular formula is C13H15F2NO5. The van der Waals surface area contributed by atoms with Crippen LogP contribution in [0.2, 0.25) is 0 Å². The van der Waals surface area contributed by atoms with Crippen LogP contribution in [0.4, 0.5) is 8.78 Å². The lowest BCUT2D eigenvalue weighted by atomic mass is 10.1. The average molecular weight is 303 g/mol. The van der Waals surface area contributed by atoms with Gasteiger partial charge in [0.2, 0.25) is 5.91 Å². The molecule has 0 aliphatic rings. The van der Waals surface area contributed by atoms with Crippen molar-refractivity contribution >= 4 is 11.9 Å². The summed E-state index contributed by atoms with van der Waals surface area (Å²) in [6, 6.07) is 3.97. The summed E-state index contributed by atoms with van der Waals surface area (Å²) in [5.74, 6) is -1.99. The molecule has 1 aromatic rings. The van der Waals surface area contributed by atoms with Gasteiger partial charge in [0.25, 0.3) is 0 Å². The summed E-state index contributed by atoms with van der Waals surface area (Å²) in [5.41, 5.74) is 0.490. The first-order valence-electron chi connectivity index (χ1n) is 6.03. The zero-order valence-electron chi connectivity index (χ0n) is 11.1. The zero-order chi connectivity index (χ0) is 16.0. The van der Waals surface area contributed by atoms with Gasteiger partial charge >= 0.3 is 12.6 Å². The fourth-order valence-electron chi connectivity index (χ4n) is 1.59. The topological polar surface area (TPSA) is 95.9 Å². The number of aliphatic hydroxyl groups is 1. The molecule has 0 fully saturated rings. The van der Waals surface area contributed by atoms with Crippen molar-refractivity contribution in [1.82, 2.24) is 5.32 Å². The summed E-state index contributed by atoms with van der Waals surface area (Å²) in [6.45, 7) is -1.68. The van der Waals surface area contributed by atoms with E-state index in [9.17, 15) is 23.5 Å². The summed E-state index contributed by atoms with van der Waals surface area (Å²) in [4.78, 5) is 22.5. The number of hydrogen-bond donors (Lipinski definition) is 3. The van der Waals surface area contributed by atoms with Crippen LogP contribution in [-0.4, -0.2) is 40.8 Å². The van der Waals surface area contributed by atoms with Crippen molar-refractivity contribution in [3.63, 3.8) is 0 Å². The number of hydrogen-bond acceptors (Lipinski definition) is 4. The summed E-state index contributed by atoms with van der Waals surface area (Å²) in [5, 5.41) is 20.2. The number of rotatable bonds is 7. The van der Waals surface area contributed by atoms with Gasteiger partial charge in [-0.05, 0) is 24.6 Å². The monoisotopic (exact) mass is 303 g/mol. The molecule has 0 spiro atoms. The maximum Gasteiger partial charge on any atom is 0.387 e. The van der Waals surface area contributed by atoms with E-state index in [0.29, 0.717) is 5.56 Å². The van der Waals surface area contributed by atoms with Crippen LogP contribution in [0.1, 0.15) is 12.5 Å². The van der Waals surface area contributed by atoms with Crippen molar-refractivity contribution in [2.45, 2.75) is 32.1 Å². The summed E-state index contributed by atoms with van der Waals surface area (Å²) in [6.07, 6.45) is -1.39. The van der Waals surface area contributed by atoms with E-state index in [-0.39, 0.29) is 12.2 Å². The van der Waals surface area contributed by atoms with Crippen molar-refractivity contribution in [3.8, 4) is 5.75 Å². The Morgan fingerprint density at radius 2 is 1.86 bits per heavy atom. The maximum absolute atomic E-state index is 12.0. The quantitative estimate of drug-likeness (QED) is 0.692. The molecule has 0 aliphatic heterocycles. The number of amides is 1. The average Bonchev–Trinajstić information content (AvgIpc) is 2.37. The molecule has 6 nitrogen and oxygen atoms in total. The first kappa shape index (κ1) is 16.8. The number of carbonyl (C=O) groups is 2. The molecule has 0 saturated carbocycles. The van der Waals surface area contributed by atoms with Gasteiger partial charge in [0.1, 0.15) is 5.75 Å². The number of benzene rings is 1. The predicted octanol–water partition coefficient (Wildman–Crippen LogP) is 0.781. The van der Waals surface area contributed by atoms with Gasteiger partial charge in [0.15, 0.2) is 6.04 Å². The molecule has 0 saturated heterocycles. The van der Waals surface area contributed by atoms with Crippen molar-refractivity contribution in [2.75, 3.05) is 0 Å². The molecule has 0 radical (unpaired) electrons. The van der Waals surface area contributed by atoms with E-state index >= 15 is 0 Å². The molecule has 116 valence electrons. The molecule has 8 heteroatoms. The number of carboxylic acids is 1. The number of halogens is 2. The van der Waals surface area contributed by atoms with Crippen molar-refractivity contribution < 1.29 is 33.3 Å². The lowest BCUT2D eigenvalue weighted by molar-refractivity contribution is -0.144. The number of aliphatic carboxylic acids is 1. The lowest BCUT2D eigenvalue weighted by Gasteiger charge is -2.17. The van der Waals surface area contributed by atoms with Crippen molar-refractivity contribution in [1.29, 1.82) is 0 Å². The highest BCUT2D eigenvalue weighted by Crippen LogP contribution is 2.15. The number of ether oxygens (including phenoxy) is 1. The molecule has 0 bridgehead atoms. The van der Waals surface area contributed by atoms with Gasteiger partial charge in [-0.25, -0.2) is 4.79 Å². The minimum Gasteiger partial charge on any atom is -0.480 e. The van der Waals surface area contributed by atoms with E-state index in [0.717, 1.165) is 0 Å². The third-order valence-electron chi connectivity index (χ3n) is 2.58. The molecule has 2 atom stereocenters. The lowest BCUT2D eigenvalue weighted by Crippen LogP contribution is -2.48. The normalized spacial score (nSPS) is 13.6. The summed E-state index contributed by atoms with van der Waals surface area (Å²) < 4.78 is 28.1. The molecule has 1 aromatic carbocycles. The Labute approximate surface area is 119 Å². The van der Waals surface area contributed by atoms with Gasteiger partial charge in [0, 0.05) is 0 Å². The number of aliphatic hydroxyl groups excluding tert-OH is 1. The third-order valence-corrected chi connectivity index (χ3v) is 2.58. The first-order chi connectivity index (χ1) is 9.79. The second-order valence-electron chi connectivity index (χ2n) is 4.32. The Kier molecular flexibility index (Phi) is 6.04.